The molecule has 4 aromatic rings. The van der Waals surface area contributed by atoms with Gasteiger partial charge < -0.3 is 14.6 Å². The van der Waals surface area contributed by atoms with E-state index in [1.165, 1.54) is 12.8 Å². The van der Waals surface area contributed by atoms with Gasteiger partial charge in [0.05, 0.1) is 22.3 Å². The minimum absolute atomic E-state index is 0.0199. The number of aromatic amines is 1. The molecule has 0 bridgehead atoms. The van der Waals surface area contributed by atoms with Gasteiger partial charge in [0.15, 0.2) is 0 Å². The fraction of sp³-hybridized carbons (Fsp3) is 0.292. The fourth-order valence-corrected chi connectivity index (χ4v) is 5.21. The Balaban J connectivity index is 1.29. The number of thiazole rings is 1. The van der Waals surface area contributed by atoms with E-state index in [0.717, 1.165) is 46.1 Å². The molecular weight excluding hydrogens is 426 g/mol. The lowest BCUT2D eigenvalue weighted by Gasteiger charge is -2.13. The molecule has 6 rings (SSSR count). The van der Waals surface area contributed by atoms with Crippen molar-refractivity contribution < 1.29 is 14.6 Å². The Morgan fingerprint density at radius 2 is 1.84 bits per heavy atom. The number of fused-ring (bicyclic) bond motifs is 2. The average molecular weight is 448 g/mol. The lowest BCUT2D eigenvalue weighted by molar-refractivity contribution is 0.287. The highest BCUT2D eigenvalue weighted by atomic mass is 32.1. The van der Waals surface area contributed by atoms with E-state index in [4.69, 9.17) is 9.47 Å². The number of aromatic nitrogens is 3. The van der Waals surface area contributed by atoms with Gasteiger partial charge >= 0.3 is 4.87 Å². The lowest BCUT2D eigenvalue weighted by atomic mass is 10.00. The van der Waals surface area contributed by atoms with Gasteiger partial charge in [-0.25, -0.2) is 0 Å². The van der Waals surface area contributed by atoms with Crippen LogP contribution in [-0.2, 0) is 6.42 Å². The minimum atomic E-state index is -0.235. The van der Waals surface area contributed by atoms with Crippen LogP contribution in [0.5, 0.6) is 23.4 Å². The van der Waals surface area contributed by atoms with Crippen LogP contribution in [0.15, 0.2) is 47.3 Å². The van der Waals surface area contributed by atoms with Gasteiger partial charge in [0.25, 0.3) is 0 Å². The molecule has 8 heteroatoms. The summed E-state index contributed by atoms with van der Waals surface area (Å²) in [4.78, 5) is 14.5. The zero-order chi connectivity index (χ0) is 21.7. The molecule has 0 aliphatic heterocycles. The van der Waals surface area contributed by atoms with E-state index in [1.54, 1.807) is 0 Å². The molecule has 0 saturated heterocycles. The Morgan fingerprint density at radius 3 is 2.59 bits per heavy atom. The van der Waals surface area contributed by atoms with E-state index >= 15 is 0 Å². The SMILES string of the molecule is O=c1[nH]c(O)c(C2CCc3cc(Oc4nnc(OCC5CC5)c5ccccc45)ccc32)s1. The zero-order valence-corrected chi connectivity index (χ0v) is 18.0. The molecule has 1 atom stereocenters. The van der Waals surface area contributed by atoms with Gasteiger partial charge in [0.2, 0.25) is 17.6 Å². The summed E-state index contributed by atoms with van der Waals surface area (Å²) in [5.41, 5.74) is 2.26. The topological polar surface area (TPSA) is 97.3 Å². The van der Waals surface area contributed by atoms with Crippen molar-refractivity contribution >= 4 is 22.1 Å². The summed E-state index contributed by atoms with van der Waals surface area (Å²) in [6, 6.07) is 13.8. The highest BCUT2D eigenvalue weighted by Gasteiger charge is 2.29. The van der Waals surface area contributed by atoms with E-state index in [2.05, 4.69) is 15.2 Å². The number of aromatic hydroxyl groups is 1. The van der Waals surface area contributed by atoms with E-state index in [1.807, 2.05) is 42.5 Å². The quantitative estimate of drug-likeness (QED) is 0.443. The van der Waals surface area contributed by atoms with Gasteiger partial charge in [-0.3, -0.25) is 9.78 Å². The number of rotatable bonds is 6. The maximum absolute atomic E-state index is 11.6. The Hall–Kier alpha value is -3.39. The van der Waals surface area contributed by atoms with Gasteiger partial charge in [-0.2, -0.15) is 0 Å². The monoisotopic (exact) mass is 447 g/mol. The summed E-state index contributed by atoms with van der Waals surface area (Å²) >= 11 is 1.07. The molecule has 2 aromatic carbocycles. The van der Waals surface area contributed by atoms with Crippen LogP contribution in [0.25, 0.3) is 10.8 Å². The Bertz CT molecular complexity index is 1380. The van der Waals surface area contributed by atoms with Crippen molar-refractivity contribution in [1.29, 1.82) is 0 Å². The summed E-state index contributed by atoms with van der Waals surface area (Å²) < 4.78 is 12.0. The predicted octanol–water partition coefficient (Wildman–Crippen LogP) is 4.74. The third-order valence-corrected chi connectivity index (χ3v) is 7.14. The first-order chi connectivity index (χ1) is 15.7. The second kappa shape index (κ2) is 7.63. The Labute approximate surface area is 187 Å². The van der Waals surface area contributed by atoms with Crippen LogP contribution in [-0.4, -0.2) is 26.9 Å². The van der Waals surface area contributed by atoms with Crippen LogP contribution in [0, 0.1) is 5.92 Å². The summed E-state index contributed by atoms with van der Waals surface area (Å²) in [6.45, 7) is 0.677. The van der Waals surface area contributed by atoms with Crippen molar-refractivity contribution in [2.45, 2.75) is 31.6 Å². The number of hydrogen-bond acceptors (Lipinski definition) is 7. The maximum atomic E-state index is 11.6. The van der Waals surface area contributed by atoms with Crippen LogP contribution >= 0.6 is 11.3 Å². The molecular formula is C24H21N3O4S. The molecule has 2 heterocycles. The van der Waals surface area contributed by atoms with Gasteiger partial charge in [-0.1, -0.05) is 29.5 Å². The number of aryl methyl sites for hydroxylation is 1. The molecule has 1 unspecified atom stereocenters. The van der Waals surface area contributed by atoms with Crippen molar-refractivity contribution in [3.05, 3.63) is 68.1 Å². The summed E-state index contributed by atoms with van der Waals surface area (Å²) in [7, 11) is 0. The van der Waals surface area contributed by atoms with Crippen LogP contribution in [0.3, 0.4) is 0 Å². The van der Waals surface area contributed by atoms with Gasteiger partial charge in [0, 0.05) is 5.92 Å². The summed E-state index contributed by atoms with van der Waals surface area (Å²) in [6.07, 6.45) is 4.13. The highest BCUT2D eigenvalue weighted by molar-refractivity contribution is 7.09. The number of nitrogens with zero attached hydrogens (tertiary/aromatic N) is 2. The molecule has 0 radical (unpaired) electrons. The largest absolute Gasteiger partial charge is 0.494 e. The third kappa shape index (κ3) is 3.50. The van der Waals surface area contributed by atoms with Crippen molar-refractivity contribution in [3.8, 4) is 23.4 Å². The van der Waals surface area contributed by atoms with Gasteiger partial charge in [-0.15, -0.1) is 10.2 Å². The summed E-state index contributed by atoms with van der Waals surface area (Å²) in [5, 5.41) is 20.4. The first-order valence-electron chi connectivity index (χ1n) is 10.8. The molecule has 1 fully saturated rings. The smallest absolute Gasteiger partial charge is 0.307 e. The maximum Gasteiger partial charge on any atom is 0.307 e. The second-order valence-corrected chi connectivity index (χ2v) is 9.41. The first-order valence-corrected chi connectivity index (χ1v) is 11.6. The number of H-pyrrole nitrogens is 1. The van der Waals surface area contributed by atoms with Gasteiger partial charge in [0.1, 0.15) is 5.75 Å². The minimum Gasteiger partial charge on any atom is -0.494 e. The molecule has 1 saturated carbocycles. The van der Waals surface area contributed by atoms with Crippen LogP contribution in [0.1, 0.15) is 41.2 Å². The fourth-order valence-electron chi connectivity index (χ4n) is 4.33. The second-order valence-electron chi connectivity index (χ2n) is 8.39. The molecule has 162 valence electrons. The first kappa shape index (κ1) is 19.3. The van der Waals surface area contributed by atoms with Crippen LogP contribution in [0.2, 0.25) is 0 Å². The van der Waals surface area contributed by atoms with Crippen molar-refractivity contribution in [1.82, 2.24) is 15.2 Å². The molecule has 2 N–H and O–H groups in total. The number of benzene rings is 2. The van der Waals surface area contributed by atoms with Gasteiger partial charge in [-0.05, 0) is 67.0 Å². The standard InChI is InChI=1S/C24H21N3O4S/c28-21-20(32-24(29)25-21)17-9-7-14-11-15(8-10-16(14)17)31-23-19-4-2-1-3-18(19)22(26-27-23)30-12-13-5-6-13/h1-4,8,10-11,13,17,28H,5-7,9,12H2,(H,25,29). The van der Waals surface area contributed by atoms with Crippen LogP contribution in [0.4, 0.5) is 0 Å². The zero-order valence-electron chi connectivity index (χ0n) is 17.2. The normalized spacial score (nSPS) is 17.4. The average Bonchev–Trinajstić information content (AvgIpc) is 3.45. The van der Waals surface area contributed by atoms with Crippen molar-refractivity contribution in [3.63, 3.8) is 0 Å². The third-order valence-electron chi connectivity index (χ3n) is 6.15. The van der Waals surface area contributed by atoms with E-state index in [9.17, 15) is 9.90 Å². The molecule has 2 aromatic heterocycles. The predicted molar refractivity (Wildman–Crippen MR) is 121 cm³/mol. The lowest BCUT2D eigenvalue weighted by Crippen LogP contribution is -2.03. The number of hydrogen-bond donors (Lipinski definition) is 2. The summed E-state index contributed by atoms with van der Waals surface area (Å²) in [5.74, 6) is 2.30. The highest BCUT2D eigenvalue weighted by Crippen LogP contribution is 2.43. The van der Waals surface area contributed by atoms with Crippen LogP contribution < -0.4 is 14.3 Å². The molecule has 32 heavy (non-hydrogen) atoms. The molecule has 0 spiro atoms. The van der Waals surface area contributed by atoms with E-state index in [-0.39, 0.29) is 16.7 Å². The molecule has 7 nitrogen and oxygen atoms in total. The molecule has 2 aliphatic carbocycles. The molecule has 2 aliphatic rings. The number of ether oxygens (including phenoxy) is 2. The van der Waals surface area contributed by atoms with Crippen molar-refractivity contribution in [2.24, 2.45) is 5.92 Å². The number of nitrogens with one attached hydrogen (secondary N) is 1. The van der Waals surface area contributed by atoms with Crippen molar-refractivity contribution in [2.75, 3.05) is 6.61 Å². The van der Waals surface area contributed by atoms with E-state index in [0.29, 0.717) is 34.9 Å². The van der Waals surface area contributed by atoms with E-state index < -0.39 is 0 Å². The Kier molecular flexibility index (Phi) is 4.61. The molecule has 0 amide bonds. The Morgan fingerprint density at radius 1 is 1.06 bits per heavy atom.